The second-order valence-electron chi connectivity index (χ2n) is 3.21. The van der Waals surface area contributed by atoms with E-state index >= 15 is 0 Å². The first-order valence-corrected chi connectivity index (χ1v) is 5.76. The summed E-state index contributed by atoms with van der Waals surface area (Å²) >= 11 is 8.98. The number of halogens is 2. The van der Waals surface area contributed by atoms with Gasteiger partial charge in [0.05, 0.1) is 0 Å². The number of benzene rings is 1. The Bertz CT molecular complexity index is 525. The summed E-state index contributed by atoms with van der Waals surface area (Å²) in [5, 5.41) is 0.380. The van der Waals surface area contributed by atoms with E-state index in [1.54, 1.807) is 24.3 Å². The number of ketones is 1. The van der Waals surface area contributed by atoms with Crippen molar-refractivity contribution in [3.8, 4) is 0 Å². The van der Waals surface area contributed by atoms with Gasteiger partial charge in [0.25, 0.3) is 0 Å². The van der Waals surface area contributed by atoms with Crippen LogP contribution in [-0.2, 0) is 0 Å². The van der Waals surface area contributed by atoms with Crippen molar-refractivity contribution in [2.24, 2.45) is 0 Å². The van der Waals surface area contributed by atoms with Crippen LogP contribution in [0.1, 0.15) is 15.9 Å². The first-order chi connectivity index (χ1) is 7.66. The fourth-order valence-electron chi connectivity index (χ4n) is 1.31. The summed E-state index contributed by atoms with van der Waals surface area (Å²) in [5.41, 5.74) is 1.15. The number of hydrogen-bond donors (Lipinski definition) is 0. The van der Waals surface area contributed by atoms with Gasteiger partial charge in [-0.2, -0.15) is 0 Å². The Kier molecular flexibility index (Phi) is 3.36. The number of carbonyl (C=O) groups is 1. The third kappa shape index (κ3) is 2.49. The minimum absolute atomic E-state index is 0.0644. The van der Waals surface area contributed by atoms with E-state index in [2.05, 4.69) is 20.9 Å². The minimum Gasteiger partial charge on any atom is -0.289 e. The number of rotatable bonds is 2. The van der Waals surface area contributed by atoms with Crippen LogP contribution in [-0.4, -0.2) is 10.8 Å². The van der Waals surface area contributed by atoms with Crippen LogP contribution in [0.4, 0.5) is 0 Å². The normalized spacial score (nSPS) is 10.1. The molecule has 2 rings (SSSR count). The quantitative estimate of drug-likeness (QED) is 0.624. The molecule has 2 aromatic rings. The largest absolute Gasteiger partial charge is 0.289 e. The van der Waals surface area contributed by atoms with Crippen molar-refractivity contribution in [3.05, 3.63) is 63.3 Å². The molecule has 0 saturated carbocycles. The van der Waals surface area contributed by atoms with Crippen LogP contribution in [0.15, 0.2) is 47.1 Å². The Labute approximate surface area is 106 Å². The molecular formula is C12H7BrClNO. The van der Waals surface area contributed by atoms with Crippen LogP contribution in [0.3, 0.4) is 0 Å². The maximum Gasteiger partial charge on any atom is 0.194 e. The lowest BCUT2D eigenvalue weighted by molar-refractivity contribution is 0.103. The Morgan fingerprint density at radius 3 is 2.62 bits per heavy atom. The van der Waals surface area contributed by atoms with E-state index in [9.17, 15) is 4.79 Å². The van der Waals surface area contributed by atoms with Crippen molar-refractivity contribution in [1.82, 2.24) is 4.98 Å². The summed E-state index contributed by atoms with van der Waals surface area (Å²) in [6, 6.07) is 10.5. The Morgan fingerprint density at radius 2 is 2.00 bits per heavy atom. The fourth-order valence-corrected chi connectivity index (χ4v) is 1.82. The van der Waals surface area contributed by atoms with Crippen molar-refractivity contribution in [3.63, 3.8) is 0 Å². The molecule has 0 spiro atoms. The molecule has 0 bridgehead atoms. The van der Waals surface area contributed by atoms with Crippen LogP contribution in [0, 0.1) is 0 Å². The molecule has 2 nitrogen and oxygen atoms in total. The van der Waals surface area contributed by atoms with E-state index in [0.717, 1.165) is 4.47 Å². The van der Waals surface area contributed by atoms with Gasteiger partial charge in [0.2, 0.25) is 0 Å². The van der Waals surface area contributed by atoms with Gasteiger partial charge in [-0.3, -0.25) is 4.79 Å². The summed E-state index contributed by atoms with van der Waals surface area (Å²) in [7, 11) is 0. The van der Waals surface area contributed by atoms with Crippen molar-refractivity contribution >= 4 is 33.3 Å². The molecule has 0 atom stereocenters. The van der Waals surface area contributed by atoms with Crippen LogP contribution >= 0.6 is 27.5 Å². The van der Waals surface area contributed by atoms with Crippen LogP contribution < -0.4 is 0 Å². The molecule has 1 aromatic heterocycles. The molecule has 0 aliphatic carbocycles. The molecule has 0 saturated heterocycles. The van der Waals surface area contributed by atoms with Crippen LogP contribution in [0.5, 0.6) is 0 Å². The summed E-state index contributed by atoms with van der Waals surface area (Å²) in [6.07, 6.45) is 1.48. The predicted molar refractivity (Wildman–Crippen MR) is 66.8 cm³/mol. The van der Waals surface area contributed by atoms with Crippen LogP contribution in [0.25, 0.3) is 0 Å². The predicted octanol–water partition coefficient (Wildman–Crippen LogP) is 3.73. The highest BCUT2D eigenvalue weighted by atomic mass is 79.9. The lowest BCUT2D eigenvalue weighted by Crippen LogP contribution is -2.01. The van der Waals surface area contributed by atoms with Crippen molar-refractivity contribution < 1.29 is 4.79 Å². The van der Waals surface area contributed by atoms with E-state index < -0.39 is 0 Å². The molecule has 1 aromatic carbocycles. The average molecular weight is 297 g/mol. The van der Waals surface area contributed by atoms with Crippen molar-refractivity contribution in [1.29, 1.82) is 0 Å². The molecule has 0 fully saturated rings. The highest BCUT2D eigenvalue weighted by molar-refractivity contribution is 9.10. The average Bonchev–Trinajstić information content (AvgIpc) is 2.29. The highest BCUT2D eigenvalue weighted by Crippen LogP contribution is 2.15. The third-order valence-electron chi connectivity index (χ3n) is 2.08. The molecule has 0 amide bonds. The third-order valence-corrected chi connectivity index (χ3v) is 2.79. The first kappa shape index (κ1) is 11.3. The fraction of sp³-hybridized carbons (Fsp3) is 0. The number of pyridine rings is 1. The van der Waals surface area contributed by atoms with Gasteiger partial charge >= 0.3 is 0 Å². The molecule has 0 aliphatic heterocycles. The zero-order chi connectivity index (χ0) is 11.5. The smallest absolute Gasteiger partial charge is 0.194 e. The number of aromatic nitrogens is 1. The highest BCUT2D eigenvalue weighted by Gasteiger charge is 2.09. The van der Waals surface area contributed by atoms with E-state index in [0.29, 0.717) is 16.3 Å². The first-order valence-electron chi connectivity index (χ1n) is 4.58. The lowest BCUT2D eigenvalue weighted by atomic mass is 10.1. The standard InChI is InChI=1S/C12H7BrClNO/c13-10-3-1-2-8(6-10)12(16)9-4-5-11(14)15-7-9/h1-7H. The van der Waals surface area contributed by atoms with Gasteiger partial charge in [0.1, 0.15) is 5.15 Å². The number of hydrogen-bond acceptors (Lipinski definition) is 2. The van der Waals surface area contributed by atoms with Gasteiger partial charge < -0.3 is 0 Å². The van der Waals surface area contributed by atoms with Gasteiger partial charge in [-0.25, -0.2) is 4.98 Å². The Hall–Kier alpha value is -1.19. The lowest BCUT2D eigenvalue weighted by Gasteiger charge is -2.01. The summed E-state index contributed by atoms with van der Waals surface area (Å²) in [5.74, 6) is -0.0644. The molecular weight excluding hydrogens is 289 g/mol. The number of carbonyl (C=O) groups excluding carboxylic acids is 1. The van der Waals surface area contributed by atoms with E-state index in [4.69, 9.17) is 11.6 Å². The molecule has 1 heterocycles. The zero-order valence-electron chi connectivity index (χ0n) is 8.15. The summed E-state index contributed by atoms with van der Waals surface area (Å²) in [6.45, 7) is 0. The topological polar surface area (TPSA) is 30.0 Å². The van der Waals surface area contributed by atoms with Gasteiger partial charge in [-0.1, -0.05) is 39.7 Å². The maximum absolute atomic E-state index is 12.0. The second kappa shape index (κ2) is 4.76. The van der Waals surface area contributed by atoms with E-state index in [1.807, 2.05) is 12.1 Å². The minimum atomic E-state index is -0.0644. The zero-order valence-corrected chi connectivity index (χ0v) is 10.5. The van der Waals surface area contributed by atoms with E-state index in [-0.39, 0.29) is 5.78 Å². The molecule has 0 N–H and O–H groups in total. The number of nitrogens with zero attached hydrogens (tertiary/aromatic N) is 1. The SMILES string of the molecule is O=C(c1ccc(Cl)nc1)c1cccc(Br)c1. The van der Waals surface area contributed by atoms with Gasteiger partial charge in [-0.05, 0) is 24.3 Å². The molecule has 0 aliphatic rings. The summed E-state index contributed by atoms with van der Waals surface area (Å²) < 4.78 is 0.875. The molecule has 80 valence electrons. The maximum atomic E-state index is 12.0. The second-order valence-corrected chi connectivity index (χ2v) is 4.51. The molecule has 16 heavy (non-hydrogen) atoms. The van der Waals surface area contributed by atoms with Crippen molar-refractivity contribution in [2.45, 2.75) is 0 Å². The monoisotopic (exact) mass is 295 g/mol. The van der Waals surface area contributed by atoms with Crippen LogP contribution in [0.2, 0.25) is 5.15 Å². The molecule has 0 radical (unpaired) electrons. The Balaban J connectivity index is 2.35. The molecule has 0 unspecified atom stereocenters. The van der Waals surface area contributed by atoms with Crippen molar-refractivity contribution in [2.75, 3.05) is 0 Å². The van der Waals surface area contributed by atoms with Gasteiger partial charge in [-0.15, -0.1) is 0 Å². The van der Waals surface area contributed by atoms with Gasteiger partial charge in [0.15, 0.2) is 5.78 Å². The molecule has 4 heteroatoms. The van der Waals surface area contributed by atoms with Gasteiger partial charge in [0, 0.05) is 21.8 Å². The van der Waals surface area contributed by atoms with E-state index in [1.165, 1.54) is 6.20 Å². The Morgan fingerprint density at radius 1 is 1.19 bits per heavy atom. The summed E-state index contributed by atoms with van der Waals surface area (Å²) in [4.78, 5) is 15.9.